The van der Waals surface area contributed by atoms with Crippen molar-refractivity contribution >= 4 is 29.3 Å². The molecule has 0 saturated heterocycles. The lowest BCUT2D eigenvalue weighted by molar-refractivity contribution is -0.122. The molecule has 0 atom stereocenters. The van der Waals surface area contributed by atoms with Gasteiger partial charge in [-0.25, -0.2) is 0 Å². The highest BCUT2D eigenvalue weighted by molar-refractivity contribution is 7.99. The van der Waals surface area contributed by atoms with Gasteiger partial charge in [-0.1, -0.05) is 11.6 Å². The van der Waals surface area contributed by atoms with Gasteiger partial charge in [0, 0.05) is 34.2 Å². The summed E-state index contributed by atoms with van der Waals surface area (Å²) in [5.74, 6) is 0.739. The van der Waals surface area contributed by atoms with E-state index < -0.39 is 0 Å². The van der Waals surface area contributed by atoms with E-state index >= 15 is 0 Å². The van der Waals surface area contributed by atoms with Gasteiger partial charge in [0.25, 0.3) is 0 Å². The molecule has 0 bridgehead atoms. The molecule has 1 rings (SSSR count). The Labute approximate surface area is 123 Å². The molecular weight excluding hydrogens is 282 g/mol. The summed E-state index contributed by atoms with van der Waals surface area (Å²) in [4.78, 5) is 12.9. The number of nitrogens with one attached hydrogen (secondary N) is 1. The number of carbonyl (C=O) groups excluding carboxylic acids is 1. The number of hydrogen-bond acceptors (Lipinski definition) is 3. The fraction of sp³-hybridized carbons (Fsp3) is 0.500. The highest BCUT2D eigenvalue weighted by Crippen LogP contribution is 2.21. The third-order valence-corrected chi connectivity index (χ3v) is 3.89. The van der Waals surface area contributed by atoms with E-state index in [2.05, 4.69) is 5.32 Å². The first kappa shape index (κ1) is 16.3. The van der Waals surface area contributed by atoms with Crippen LogP contribution < -0.4 is 5.32 Å². The van der Waals surface area contributed by atoms with Gasteiger partial charge in [0.05, 0.1) is 0 Å². The topological polar surface area (TPSA) is 49.3 Å². The van der Waals surface area contributed by atoms with E-state index in [9.17, 15) is 4.79 Å². The van der Waals surface area contributed by atoms with Crippen LogP contribution in [0.25, 0.3) is 0 Å². The standard InChI is InChI=1S/C14H20ClNO2S/c1-14(2,8-9-17)16-13(18)7-10-19-12-5-3-11(15)4-6-12/h3-6,17H,7-10H2,1-2H3,(H,16,18). The minimum atomic E-state index is -0.350. The average molecular weight is 302 g/mol. The molecule has 0 saturated carbocycles. The smallest absolute Gasteiger partial charge is 0.221 e. The highest BCUT2D eigenvalue weighted by atomic mass is 35.5. The van der Waals surface area contributed by atoms with E-state index in [1.165, 1.54) is 0 Å². The largest absolute Gasteiger partial charge is 0.396 e. The second-order valence-electron chi connectivity index (χ2n) is 4.96. The van der Waals surface area contributed by atoms with Gasteiger partial charge in [0.2, 0.25) is 5.91 Å². The SMILES string of the molecule is CC(C)(CCO)NC(=O)CCSc1ccc(Cl)cc1. The van der Waals surface area contributed by atoms with Crippen molar-refractivity contribution in [3.8, 4) is 0 Å². The Morgan fingerprint density at radius 1 is 1.37 bits per heavy atom. The summed E-state index contributed by atoms with van der Waals surface area (Å²) in [7, 11) is 0. The van der Waals surface area contributed by atoms with Crippen LogP contribution in [-0.4, -0.2) is 28.9 Å². The maximum atomic E-state index is 11.8. The lowest BCUT2D eigenvalue weighted by Gasteiger charge is -2.25. The Bertz CT molecular complexity index is 406. The molecule has 1 aromatic carbocycles. The Balaban J connectivity index is 2.29. The summed E-state index contributed by atoms with van der Waals surface area (Å²) in [6, 6.07) is 7.57. The number of benzene rings is 1. The summed E-state index contributed by atoms with van der Waals surface area (Å²) < 4.78 is 0. The minimum Gasteiger partial charge on any atom is -0.396 e. The predicted octanol–water partition coefficient (Wildman–Crippen LogP) is 3.10. The van der Waals surface area contributed by atoms with Crippen LogP contribution in [0.1, 0.15) is 26.7 Å². The Morgan fingerprint density at radius 3 is 2.58 bits per heavy atom. The average Bonchev–Trinajstić information content (AvgIpc) is 2.30. The van der Waals surface area contributed by atoms with Crippen LogP contribution in [0.15, 0.2) is 29.2 Å². The summed E-state index contributed by atoms with van der Waals surface area (Å²) in [6.45, 7) is 3.90. The molecule has 0 radical (unpaired) electrons. The molecule has 0 unspecified atom stereocenters. The lowest BCUT2D eigenvalue weighted by atomic mass is 10.0. The van der Waals surface area contributed by atoms with Crippen LogP contribution in [0.2, 0.25) is 5.02 Å². The number of carbonyl (C=O) groups is 1. The molecule has 0 aliphatic carbocycles. The van der Waals surface area contributed by atoms with E-state index in [1.54, 1.807) is 11.8 Å². The Morgan fingerprint density at radius 2 is 2.00 bits per heavy atom. The number of aliphatic hydroxyl groups is 1. The van der Waals surface area contributed by atoms with Gasteiger partial charge >= 0.3 is 0 Å². The molecule has 19 heavy (non-hydrogen) atoms. The summed E-state index contributed by atoms with van der Waals surface area (Å²) in [5.41, 5.74) is -0.350. The van der Waals surface area contributed by atoms with Gasteiger partial charge in [0.15, 0.2) is 0 Å². The van der Waals surface area contributed by atoms with Crippen LogP contribution in [0, 0.1) is 0 Å². The van der Waals surface area contributed by atoms with E-state index in [1.807, 2.05) is 38.1 Å². The molecule has 0 aliphatic heterocycles. The molecule has 0 heterocycles. The number of halogens is 1. The Kier molecular flexibility index (Phi) is 6.69. The second-order valence-corrected chi connectivity index (χ2v) is 6.56. The fourth-order valence-corrected chi connectivity index (χ4v) is 2.55. The minimum absolute atomic E-state index is 0.0138. The van der Waals surface area contributed by atoms with Gasteiger partial charge in [-0.3, -0.25) is 4.79 Å². The first-order valence-electron chi connectivity index (χ1n) is 6.23. The van der Waals surface area contributed by atoms with E-state index in [-0.39, 0.29) is 18.1 Å². The first-order chi connectivity index (χ1) is 8.93. The van der Waals surface area contributed by atoms with Crippen molar-refractivity contribution in [2.24, 2.45) is 0 Å². The molecule has 1 aromatic rings. The third kappa shape index (κ3) is 6.85. The van der Waals surface area contributed by atoms with Crippen LogP contribution in [0.5, 0.6) is 0 Å². The predicted molar refractivity (Wildman–Crippen MR) is 80.7 cm³/mol. The molecule has 3 nitrogen and oxygen atoms in total. The van der Waals surface area contributed by atoms with Crippen molar-refractivity contribution in [2.75, 3.05) is 12.4 Å². The first-order valence-corrected chi connectivity index (χ1v) is 7.59. The number of amides is 1. The van der Waals surface area contributed by atoms with Crippen molar-refractivity contribution in [1.29, 1.82) is 0 Å². The van der Waals surface area contributed by atoms with Crippen LogP contribution in [-0.2, 0) is 4.79 Å². The number of rotatable bonds is 7. The highest BCUT2D eigenvalue weighted by Gasteiger charge is 2.19. The maximum Gasteiger partial charge on any atom is 0.221 e. The molecule has 0 aromatic heterocycles. The van der Waals surface area contributed by atoms with Gasteiger partial charge in [-0.2, -0.15) is 0 Å². The zero-order valence-corrected chi connectivity index (χ0v) is 12.9. The normalized spacial score (nSPS) is 11.4. The van der Waals surface area contributed by atoms with Crippen molar-refractivity contribution in [3.63, 3.8) is 0 Å². The molecule has 0 aliphatic rings. The van der Waals surface area contributed by atoms with Gasteiger partial charge in [-0.15, -0.1) is 11.8 Å². The van der Waals surface area contributed by atoms with Gasteiger partial charge < -0.3 is 10.4 Å². The van der Waals surface area contributed by atoms with E-state index in [0.717, 1.165) is 10.6 Å². The monoisotopic (exact) mass is 301 g/mol. The molecule has 1 amide bonds. The molecule has 2 N–H and O–H groups in total. The van der Waals surface area contributed by atoms with Crippen molar-refractivity contribution in [2.45, 2.75) is 37.1 Å². The van der Waals surface area contributed by atoms with Crippen LogP contribution in [0.4, 0.5) is 0 Å². The number of thioether (sulfide) groups is 1. The van der Waals surface area contributed by atoms with Crippen molar-refractivity contribution < 1.29 is 9.90 Å². The molecule has 0 fully saturated rings. The van der Waals surface area contributed by atoms with E-state index in [4.69, 9.17) is 16.7 Å². The second kappa shape index (κ2) is 7.78. The van der Waals surface area contributed by atoms with E-state index in [0.29, 0.717) is 17.9 Å². The zero-order chi connectivity index (χ0) is 14.3. The summed E-state index contributed by atoms with van der Waals surface area (Å²) >= 11 is 7.43. The lowest BCUT2D eigenvalue weighted by Crippen LogP contribution is -2.44. The summed E-state index contributed by atoms with van der Waals surface area (Å²) in [6.07, 6.45) is 1.02. The van der Waals surface area contributed by atoms with Gasteiger partial charge in [0.1, 0.15) is 0 Å². The molecular formula is C14H20ClNO2S. The fourth-order valence-electron chi connectivity index (χ4n) is 1.57. The number of hydrogen-bond donors (Lipinski definition) is 2. The number of aliphatic hydroxyl groups excluding tert-OH is 1. The molecule has 0 spiro atoms. The third-order valence-electron chi connectivity index (χ3n) is 2.63. The maximum absolute atomic E-state index is 11.8. The Hall–Kier alpha value is -0.710. The molecule has 106 valence electrons. The van der Waals surface area contributed by atoms with Crippen molar-refractivity contribution in [3.05, 3.63) is 29.3 Å². The zero-order valence-electron chi connectivity index (χ0n) is 11.3. The van der Waals surface area contributed by atoms with Crippen LogP contribution in [0.3, 0.4) is 0 Å². The van der Waals surface area contributed by atoms with Crippen molar-refractivity contribution in [1.82, 2.24) is 5.32 Å². The molecule has 5 heteroatoms. The van der Waals surface area contributed by atoms with Gasteiger partial charge in [-0.05, 0) is 44.5 Å². The van der Waals surface area contributed by atoms with Crippen LogP contribution >= 0.6 is 23.4 Å². The summed E-state index contributed by atoms with van der Waals surface area (Å²) in [5, 5.41) is 12.5. The quantitative estimate of drug-likeness (QED) is 0.761.